The van der Waals surface area contributed by atoms with Gasteiger partial charge in [-0.3, -0.25) is 4.79 Å². The molecule has 40 heavy (non-hydrogen) atoms. The predicted octanol–water partition coefficient (Wildman–Crippen LogP) is 8.64. The number of hydrogen-bond donors (Lipinski definition) is 2. The molecular weight excluding hydrogens is 492 g/mol. The van der Waals surface area contributed by atoms with Gasteiger partial charge in [-0.15, -0.1) is 0 Å². The Labute approximate surface area is 237 Å². The lowest BCUT2D eigenvalue weighted by Gasteiger charge is -2.37. The number of anilines is 2. The molecule has 0 spiro atoms. The molecule has 0 bridgehead atoms. The number of hydrogen-bond acceptors (Lipinski definition) is 3. The number of fused-ring (bicyclic) bond motifs is 3. The zero-order valence-electron chi connectivity index (χ0n) is 23.4. The first-order valence-electron chi connectivity index (χ1n) is 14.1. The molecule has 1 aliphatic heterocycles. The van der Waals surface area contributed by atoms with Gasteiger partial charge in [0.05, 0.1) is 6.04 Å². The summed E-state index contributed by atoms with van der Waals surface area (Å²) in [5, 5.41) is 6.92. The highest BCUT2D eigenvalue weighted by Gasteiger charge is 2.38. The van der Waals surface area contributed by atoms with Gasteiger partial charge in [0.1, 0.15) is 12.4 Å². The fourth-order valence-electron chi connectivity index (χ4n) is 5.84. The summed E-state index contributed by atoms with van der Waals surface area (Å²) < 4.78 is 6.01. The minimum Gasteiger partial charge on any atom is -0.489 e. The third-order valence-corrected chi connectivity index (χ3v) is 8.12. The predicted molar refractivity (Wildman–Crippen MR) is 163 cm³/mol. The van der Waals surface area contributed by atoms with Gasteiger partial charge in [-0.05, 0) is 82.5 Å². The molecule has 1 aliphatic carbocycles. The van der Waals surface area contributed by atoms with Crippen LogP contribution in [0.25, 0.3) is 0 Å². The van der Waals surface area contributed by atoms with Crippen LogP contribution in [0.1, 0.15) is 71.8 Å². The highest BCUT2D eigenvalue weighted by molar-refractivity contribution is 6.04. The van der Waals surface area contributed by atoms with Crippen LogP contribution in [0.3, 0.4) is 0 Å². The SMILES string of the molecule is CC(C)(C)c1ccc(C(=O)Nc2ccc3c(c2)C2C=CCC2C(c2ccc(OCc4ccccc4)cc2)N3)cc1. The van der Waals surface area contributed by atoms with E-state index in [9.17, 15) is 4.79 Å². The quantitative estimate of drug-likeness (QED) is 0.246. The van der Waals surface area contributed by atoms with Crippen molar-refractivity contribution in [3.05, 3.63) is 137 Å². The maximum Gasteiger partial charge on any atom is 0.255 e. The van der Waals surface area contributed by atoms with Crippen molar-refractivity contribution >= 4 is 17.3 Å². The fourth-order valence-corrected chi connectivity index (χ4v) is 5.84. The molecule has 1 amide bonds. The second kappa shape index (κ2) is 10.7. The van der Waals surface area contributed by atoms with Gasteiger partial charge >= 0.3 is 0 Å². The molecule has 3 atom stereocenters. The molecule has 0 saturated carbocycles. The first kappa shape index (κ1) is 25.9. The Morgan fingerprint density at radius 1 is 0.925 bits per heavy atom. The molecule has 2 N–H and O–H groups in total. The second-order valence-electron chi connectivity index (χ2n) is 11.9. The zero-order valence-corrected chi connectivity index (χ0v) is 23.4. The lowest BCUT2D eigenvalue weighted by molar-refractivity contribution is 0.102. The van der Waals surface area contributed by atoms with Gasteiger partial charge in [0, 0.05) is 22.9 Å². The Bertz CT molecular complexity index is 1520. The Hall–Kier alpha value is -4.31. The van der Waals surface area contributed by atoms with E-state index in [0.29, 0.717) is 24.0 Å². The summed E-state index contributed by atoms with van der Waals surface area (Å²) in [5.74, 6) is 1.51. The molecule has 0 fully saturated rings. The monoisotopic (exact) mass is 528 g/mol. The molecule has 0 radical (unpaired) electrons. The summed E-state index contributed by atoms with van der Waals surface area (Å²) in [6, 6.07) is 33.1. The Morgan fingerprint density at radius 3 is 2.40 bits per heavy atom. The lowest BCUT2D eigenvalue weighted by Crippen LogP contribution is -2.29. The first-order valence-corrected chi connectivity index (χ1v) is 14.1. The van der Waals surface area contributed by atoms with E-state index in [1.807, 2.05) is 48.5 Å². The van der Waals surface area contributed by atoms with Crippen LogP contribution in [0.2, 0.25) is 0 Å². The highest BCUT2D eigenvalue weighted by Crippen LogP contribution is 2.50. The van der Waals surface area contributed by atoms with Gasteiger partial charge in [0.2, 0.25) is 0 Å². The molecule has 202 valence electrons. The molecule has 0 aromatic heterocycles. The summed E-state index contributed by atoms with van der Waals surface area (Å²) in [5.41, 5.74) is 7.53. The number of amides is 1. The van der Waals surface area contributed by atoms with Gasteiger partial charge < -0.3 is 15.4 Å². The van der Waals surface area contributed by atoms with Crippen molar-refractivity contribution in [1.29, 1.82) is 0 Å². The van der Waals surface area contributed by atoms with Crippen molar-refractivity contribution < 1.29 is 9.53 Å². The smallest absolute Gasteiger partial charge is 0.255 e. The number of carbonyl (C=O) groups excluding carboxylic acids is 1. The van der Waals surface area contributed by atoms with Crippen molar-refractivity contribution in [2.45, 2.75) is 51.2 Å². The van der Waals surface area contributed by atoms with Crippen LogP contribution in [0.5, 0.6) is 5.75 Å². The van der Waals surface area contributed by atoms with Crippen molar-refractivity contribution in [2.75, 3.05) is 10.6 Å². The van der Waals surface area contributed by atoms with Crippen molar-refractivity contribution in [2.24, 2.45) is 5.92 Å². The molecule has 3 unspecified atom stereocenters. The number of ether oxygens (including phenoxy) is 1. The maximum atomic E-state index is 13.0. The van der Waals surface area contributed by atoms with Gasteiger partial charge in [-0.25, -0.2) is 0 Å². The molecule has 4 nitrogen and oxygen atoms in total. The first-order chi connectivity index (χ1) is 19.3. The van der Waals surface area contributed by atoms with Crippen LogP contribution in [0.15, 0.2) is 109 Å². The normalized spacial score (nSPS) is 19.3. The summed E-state index contributed by atoms with van der Waals surface area (Å²) in [6.45, 7) is 7.09. The van der Waals surface area contributed by atoms with Gasteiger partial charge in [0.15, 0.2) is 0 Å². The van der Waals surface area contributed by atoms with Crippen molar-refractivity contribution in [3.8, 4) is 5.75 Å². The number of allylic oxidation sites excluding steroid dienone is 2. The summed E-state index contributed by atoms with van der Waals surface area (Å²) in [6.07, 6.45) is 5.63. The van der Waals surface area contributed by atoms with Crippen LogP contribution >= 0.6 is 0 Å². The van der Waals surface area contributed by atoms with E-state index in [1.54, 1.807) is 0 Å². The van der Waals surface area contributed by atoms with Gasteiger partial charge in [0.25, 0.3) is 5.91 Å². The maximum absolute atomic E-state index is 13.0. The van der Waals surface area contributed by atoms with E-state index in [4.69, 9.17) is 4.74 Å². The highest BCUT2D eigenvalue weighted by atomic mass is 16.5. The average molecular weight is 529 g/mol. The van der Waals surface area contributed by atoms with E-state index < -0.39 is 0 Å². The van der Waals surface area contributed by atoms with Gasteiger partial charge in [-0.1, -0.05) is 87.5 Å². The largest absolute Gasteiger partial charge is 0.489 e. The molecule has 0 saturated heterocycles. The zero-order chi connectivity index (χ0) is 27.7. The Balaban J connectivity index is 1.16. The topological polar surface area (TPSA) is 50.4 Å². The van der Waals surface area contributed by atoms with Crippen LogP contribution in [-0.4, -0.2) is 5.91 Å². The number of rotatable bonds is 6. The molecule has 2 aliphatic rings. The summed E-state index contributed by atoms with van der Waals surface area (Å²) in [7, 11) is 0. The van der Waals surface area contributed by atoms with Crippen LogP contribution < -0.4 is 15.4 Å². The van der Waals surface area contributed by atoms with Gasteiger partial charge in [-0.2, -0.15) is 0 Å². The molecule has 1 heterocycles. The third kappa shape index (κ3) is 5.40. The number of nitrogens with one attached hydrogen (secondary N) is 2. The minimum absolute atomic E-state index is 0.0574. The van der Waals surface area contributed by atoms with Crippen molar-refractivity contribution in [3.63, 3.8) is 0 Å². The molecule has 4 aromatic rings. The molecule has 6 rings (SSSR count). The lowest BCUT2D eigenvalue weighted by atomic mass is 9.77. The number of carbonyl (C=O) groups is 1. The molecule has 4 aromatic carbocycles. The van der Waals surface area contributed by atoms with E-state index in [0.717, 1.165) is 29.1 Å². The average Bonchev–Trinajstić information content (AvgIpc) is 3.47. The molecular formula is C36H36N2O2. The van der Waals surface area contributed by atoms with E-state index in [2.05, 4.69) is 92.1 Å². The van der Waals surface area contributed by atoms with E-state index in [1.165, 1.54) is 16.7 Å². The van der Waals surface area contributed by atoms with Crippen molar-refractivity contribution in [1.82, 2.24) is 0 Å². The fraction of sp³-hybridized carbons (Fsp3) is 0.250. The van der Waals surface area contributed by atoms with Crippen LogP contribution in [0, 0.1) is 5.92 Å². The Kier molecular flexibility index (Phi) is 6.93. The summed E-state index contributed by atoms with van der Waals surface area (Å²) >= 11 is 0. The second-order valence-corrected chi connectivity index (χ2v) is 11.9. The van der Waals surface area contributed by atoms with E-state index in [-0.39, 0.29) is 17.4 Å². The number of benzene rings is 4. The van der Waals surface area contributed by atoms with Crippen LogP contribution in [0.4, 0.5) is 11.4 Å². The van der Waals surface area contributed by atoms with Crippen LogP contribution in [-0.2, 0) is 12.0 Å². The minimum atomic E-state index is -0.0878. The third-order valence-electron chi connectivity index (χ3n) is 8.12. The molecule has 4 heteroatoms. The standard InChI is InChI=1S/C36H36N2O2/c1-36(2,3)27-16-12-26(13-17-27)35(39)37-28-18-21-33-32(22-28)30-10-7-11-31(30)34(38-33)25-14-19-29(20-15-25)40-23-24-8-5-4-6-9-24/h4-10,12-22,30-31,34,38H,11,23H2,1-3H3,(H,37,39). The summed E-state index contributed by atoms with van der Waals surface area (Å²) in [4.78, 5) is 13.0. The van der Waals surface area contributed by atoms with E-state index >= 15 is 0 Å². The Morgan fingerprint density at radius 2 is 1.68 bits per heavy atom.